The first-order valence-corrected chi connectivity index (χ1v) is 9.54. The molecule has 0 spiro atoms. The number of ether oxygens (including phenoxy) is 1. The van der Waals surface area contributed by atoms with E-state index in [0.717, 1.165) is 11.1 Å². The lowest BCUT2D eigenvalue weighted by Gasteiger charge is -2.41. The van der Waals surface area contributed by atoms with Gasteiger partial charge in [0.05, 0.1) is 24.9 Å². The van der Waals surface area contributed by atoms with Crippen LogP contribution in [0.3, 0.4) is 0 Å². The molecule has 1 aromatic carbocycles. The lowest BCUT2D eigenvalue weighted by molar-refractivity contribution is -0.0684. The number of nitrogens with zero attached hydrogens (tertiary/aromatic N) is 6. The molecular formula is C20H25N7O2. The number of hydrogen-bond acceptors (Lipinski definition) is 6. The summed E-state index contributed by atoms with van der Waals surface area (Å²) in [6.07, 6.45) is 5.11. The van der Waals surface area contributed by atoms with Crippen LogP contribution in [-0.4, -0.2) is 80.6 Å². The van der Waals surface area contributed by atoms with E-state index in [0.29, 0.717) is 31.1 Å². The average molecular weight is 395 g/mol. The van der Waals surface area contributed by atoms with Crippen molar-refractivity contribution in [2.24, 2.45) is 7.05 Å². The minimum absolute atomic E-state index is 0.0185. The Bertz CT molecular complexity index is 950. The number of carbonyl (C=O) groups excluding carboxylic acids is 1. The number of carbonyl (C=O) groups is 1. The van der Waals surface area contributed by atoms with Crippen molar-refractivity contribution in [3.63, 3.8) is 0 Å². The van der Waals surface area contributed by atoms with Crippen LogP contribution in [0.1, 0.15) is 22.0 Å². The Labute approximate surface area is 169 Å². The van der Waals surface area contributed by atoms with Gasteiger partial charge in [-0.3, -0.25) is 14.6 Å². The number of hydrogen-bond donors (Lipinski definition) is 1. The molecule has 3 aromatic rings. The van der Waals surface area contributed by atoms with Gasteiger partial charge in [0.25, 0.3) is 5.91 Å². The molecule has 1 N–H and O–H groups in total. The van der Waals surface area contributed by atoms with E-state index in [4.69, 9.17) is 4.74 Å². The van der Waals surface area contributed by atoms with E-state index < -0.39 is 0 Å². The third-order valence-corrected chi connectivity index (χ3v) is 5.04. The molecule has 1 amide bonds. The standard InChI is InChI=1S/C20H25N7O2/c1-25(2)12-17-18(16-10-23-26(3)11-16)27(8-9-29-17)20(28)15-6-4-14(5-7-15)19-21-13-22-24-19/h4-7,10-11,13,17-18H,8-9,12H2,1-3H3,(H,21,22,24)/t17-,18-/m0/s1. The number of rotatable bonds is 5. The number of benzene rings is 1. The minimum Gasteiger partial charge on any atom is -0.373 e. The number of aromatic amines is 1. The predicted molar refractivity (Wildman–Crippen MR) is 107 cm³/mol. The van der Waals surface area contributed by atoms with Crippen LogP contribution < -0.4 is 0 Å². The van der Waals surface area contributed by atoms with Crippen molar-refractivity contribution < 1.29 is 9.53 Å². The third-order valence-electron chi connectivity index (χ3n) is 5.04. The van der Waals surface area contributed by atoms with Crippen LogP contribution in [0.4, 0.5) is 0 Å². The molecule has 152 valence electrons. The quantitative estimate of drug-likeness (QED) is 0.701. The van der Waals surface area contributed by atoms with Crippen LogP contribution >= 0.6 is 0 Å². The van der Waals surface area contributed by atoms with Crippen molar-refractivity contribution in [1.82, 2.24) is 34.8 Å². The summed E-state index contributed by atoms with van der Waals surface area (Å²) in [7, 11) is 5.89. The first-order chi connectivity index (χ1) is 14.0. The van der Waals surface area contributed by atoms with Crippen LogP contribution in [0.15, 0.2) is 43.0 Å². The summed E-state index contributed by atoms with van der Waals surface area (Å²) in [5.74, 6) is 0.657. The Morgan fingerprint density at radius 2 is 2.10 bits per heavy atom. The van der Waals surface area contributed by atoms with Gasteiger partial charge >= 0.3 is 0 Å². The van der Waals surface area contributed by atoms with Gasteiger partial charge in [0.2, 0.25) is 0 Å². The molecule has 3 heterocycles. The Morgan fingerprint density at radius 3 is 2.72 bits per heavy atom. The van der Waals surface area contributed by atoms with Crippen molar-refractivity contribution in [3.8, 4) is 11.4 Å². The summed E-state index contributed by atoms with van der Waals surface area (Å²) in [6.45, 7) is 1.76. The molecule has 1 aliphatic heterocycles. The molecule has 4 rings (SSSR count). The van der Waals surface area contributed by atoms with Gasteiger partial charge in [-0.05, 0) is 26.2 Å². The fraction of sp³-hybridized carbons (Fsp3) is 0.400. The largest absolute Gasteiger partial charge is 0.373 e. The van der Waals surface area contributed by atoms with Crippen LogP contribution in [0, 0.1) is 0 Å². The maximum atomic E-state index is 13.4. The summed E-state index contributed by atoms with van der Waals surface area (Å²) in [6, 6.07) is 7.23. The van der Waals surface area contributed by atoms with Crippen molar-refractivity contribution in [1.29, 1.82) is 0 Å². The van der Waals surface area contributed by atoms with Crippen molar-refractivity contribution >= 4 is 5.91 Å². The van der Waals surface area contributed by atoms with Crippen LogP contribution in [0.5, 0.6) is 0 Å². The zero-order valence-electron chi connectivity index (χ0n) is 16.8. The van der Waals surface area contributed by atoms with E-state index in [1.807, 2.05) is 62.7 Å². The number of nitrogens with one attached hydrogen (secondary N) is 1. The highest BCUT2D eigenvalue weighted by atomic mass is 16.5. The van der Waals surface area contributed by atoms with E-state index in [9.17, 15) is 4.79 Å². The summed E-state index contributed by atoms with van der Waals surface area (Å²) < 4.78 is 7.81. The molecule has 0 unspecified atom stereocenters. The monoisotopic (exact) mass is 395 g/mol. The topological polar surface area (TPSA) is 92.2 Å². The van der Waals surface area contributed by atoms with Gasteiger partial charge in [0, 0.05) is 43.0 Å². The van der Waals surface area contributed by atoms with Crippen LogP contribution in [0.25, 0.3) is 11.4 Å². The molecule has 0 bridgehead atoms. The Balaban J connectivity index is 1.62. The van der Waals surface area contributed by atoms with E-state index in [2.05, 4.69) is 25.2 Å². The van der Waals surface area contributed by atoms with Crippen LogP contribution in [-0.2, 0) is 11.8 Å². The molecule has 1 saturated heterocycles. The van der Waals surface area contributed by atoms with Crippen LogP contribution in [0.2, 0.25) is 0 Å². The van der Waals surface area contributed by atoms with Gasteiger partial charge in [-0.25, -0.2) is 4.98 Å². The average Bonchev–Trinajstić information content (AvgIpc) is 3.39. The third kappa shape index (κ3) is 4.06. The fourth-order valence-corrected chi connectivity index (χ4v) is 3.74. The van der Waals surface area contributed by atoms with Crippen molar-refractivity contribution in [2.75, 3.05) is 33.8 Å². The Kier molecular flexibility index (Phi) is 5.41. The minimum atomic E-state index is -0.193. The molecule has 9 nitrogen and oxygen atoms in total. The zero-order valence-corrected chi connectivity index (χ0v) is 16.8. The number of aromatic nitrogens is 5. The second kappa shape index (κ2) is 8.14. The number of H-pyrrole nitrogens is 1. The molecule has 1 fully saturated rings. The van der Waals surface area contributed by atoms with Gasteiger partial charge in [0.1, 0.15) is 6.33 Å². The highest BCUT2D eigenvalue weighted by Gasteiger charge is 2.37. The summed E-state index contributed by atoms with van der Waals surface area (Å²) in [5, 5.41) is 11.0. The summed E-state index contributed by atoms with van der Waals surface area (Å²) in [4.78, 5) is 21.5. The molecule has 0 saturated carbocycles. The highest BCUT2D eigenvalue weighted by molar-refractivity contribution is 5.95. The molecule has 0 aliphatic carbocycles. The first-order valence-electron chi connectivity index (χ1n) is 9.54. The van der Waals surface area contributed by atoms with E-state index in [-0.39, 0.29) is 18.1 Å². The van der Waals surface area contributed by atoms with E-state index in [1.165, 1.54) is 6.33 Å². The van der Waals surface area contributed by atoms with E-state index >= 15 is 0 Å². The van der Waals surface area contributed by atoms with Crippen molar-refractivity contribution in [2.45, 2.75) is 12.1 Å². The van der Waals surface area contributed by atoms with Gasteiger partial charge in [-0.1, -0.05) is 12.1 Å². The van der Waals surface area contributed by atoms with Gasteiger partial charge < -0.3 is 14.5 Å². The molecule has 29 heavy (non-hydrogen) atoms. The second-order valence-corrected chi connectivity index (χ2v) is 7.47. The second-order valence-electron chi connectivity index (χ2n) is 7.47. The first kappa shape index (κ1) is 19.3. The molecule has 2 aromatic heterocycles. The van der Waals surface area contributed by atoms with E-state index in [1.54, 1.807) is 4.68 Å². The highest BCUT2D eigenvalue weighted by Crippen LogP contribution is 2.31. The molecule has 9 heteroatoms. The molecule has 2 atom stereocenters. The maximum absolute atomic E-state index is 13.4. The number of aryl methyl sites for hydroxylation is 1. The Morgan fingerprint density at radius 1 is 1.31 bits per heavy atom. The lowest BCUT2D eigenvalue weighted by Crippen LogP contribution is -2.51. The normalized spacial score (nSPS) is 19.7. The molecule has 1 aliphatic rings. The zero-order chi connectivity index (χ0) is 20.4. The number of amides is 1. The fourth-order valence-electron chi connectivity index (χ4n) is 3.74. The SMILES string of the molecule is CN(C)C[C@@H]1OCCN(C(=O)c2ccc(-c3ncn[nH]3)cc2)[C@H]1c1cnn(C)c1. The Hall–Kier alpha value is -3.04. The molecular weight excluding hydrogens is 370 g/mol. The molecule has 0 radical (unpaired) electrons. The summed E-state index contributed by atoms with van der Waals surface area (Å²) in [5.41, 5.74) is 2.49. The maximum Gasteiger partial charge on any atom is 0.254 e. The number of likely N-dealkylation sites (N-methyl/N-ethyl adjacent to an activating group) is 1. The number of morpholine rings is 1. The van der Waals surface area contributed by atoms with Gasteiger partial charge in [-0.2, -0.15) is 10.2 Å². The summed E-state index contributed by atoms with van der Waals surface area (Å²) >= 11 is 0. The van der Waals surface area contributed by atoms with Gasteiger partial charge in [-0.15, -0.1) is 0 Å². The smallest absolute Gasteiger partial charge is 0.254 e. The predicted octanol–water partition coefficient (Wildman–Crippen LogP) is 1.35. The van der Waals surface area contributed by atoms with Gasteiger partial charge in [0.15, 0.2) is 5.82 Å². The lowest BCUT2D eigenvalue weighted by atomic mass is 9.99. The van der Waals surface area contributed by atoms with Crippen molar-refractivity contribution in [3.05, 3.63) is 54.1 Å².